The Labute approximate surface area is 100 Å². The van der Waals surface area contributed by atoms with E-state index in [2.05, 4.69) is 5.32 Å². The minimum absolute atomic E-state index is 0. The normalized spacial score (nSPS) is 17.5. The van der Waals surface area contributed by atoms with E-state index in [9.17, 15) is 0 Å². The standard InChI is InChI=1S/C10H13ClN2O.ClH/c1-14-7-2-3-9(11)8(4-7)10(12)5-13-6-10;/h2-4,13H,5-6,12H2,1H3;1H. The molecule has 0 aliphatic carbocycles. The number of hydrogen-bond acceptors (Lipinski definition) is 3. The topological polar surface area (TPSA) is 47.3 Å². The third-order valence-electron chi connectivity index (χ3n) is 2.59. The molecule has 84 valence electrons. The van der Waals surface area contributed by atoms with Crippen molar-refractivity contribution in [2.45, 2.75) is 5.54 Å². The van der Waals surface area contributed by atoms with Crippen molar-refractivity contribution in [3.05, 3.63) is 28.8 Å². The maximum Gasteiger partial charge on any atom is 0.119 e. The summed E-state index contributed by atoms with van der Waals surface area (Å²) in [5.41, 5.74) is 6.77. The molecule has 0 spiro atoms. The summed E-state index contributed by atoms with van der Waals surface area (Å²) in [5.74, 6) is 0.793. The molecule has 1 aromatic rings. The molecule has 0 radical (unpaired) electrons. The largest absolute Gasteiger partial charge is 0.497 e. The molecular formula is C10H14Cl2N2O. The van der Waals surface area contributed by atoms with Gasteiger partial charge in [-0.2, -0.15) is 0 Å². The van der Waals surface area contributed by atoms with Crippen LogP contribution in [0, 0.1) is 0 Å². The summed E-state index contributed by atoms with van der Waals surface area (Å²) in [4.78, 5) is 0. The Morgan fingerprint density at radius 1 is 1.47 bits per heavy atom. The predicted octanol–water partition coefficient (Wildman–Crippen LogP) is 1.53. The maximum atomic E-state index is 6.15. The van der Waals surface area contributed by atoms with Crippen LogP contribution in [-0.2, 0) is 5.54 Å². The van der Waals surface area contributed by atoms with Gasteiger partial charge in [-0.15, -0.1) is 12.4 Å². The van der Waals surface area contributed by atoms with Crippen molar-refractivity contribution >= 4 is 24.0 Å². The SMILES string of the molecule is COc1ccc(Cl)c(C2(N)CNC2)c1.Cl. The van der Waals surface area contributed by atoms with Gasteiger partial charge in [-0.3, -0.25) is 0 Å². The molecule has 3 nitrogen and oxygen atoms in total. The number of nitrogens with two attached hydrogens (primary N) is 1. The first-order chi connectivity index (χ1) is 6.65. The fourth-order valence-corrected chi connectivity index (χ4v) is 1.90. The summed E-state index contributed by atoms with van der Waals surface area (Å²) in [6.07, 6.45) is 0. The smallest absolute Gasteiger partial charge is 0.119 e. The van der Waals surface area contributed by atoms with Crippen molar-refractivity contribution in [1.29, 1.82) is 0 Å². The molecule has 1 aliphatic heterocycles. The van der Waals surface area contributed by atoms with E-state index in [1.165, 1.54) is 0 Å². The van der Waals surface area contributed by atoms with Gasteiger partial charge in [0.25, 0.3) is 0 Å². The Kier molecular flexibility index (Phi) is 3.84. The van der Waals surface area contributed by atoms with Gasteiger partial charge in [0, 0.05) is 18.1 Å². The van der Waals surface area contributed by atoms with E-state index >= 15 is 0 Å². The van der Waals surface area contributed by atoms with E-state index in [0.717, 1.165) is 24.4 Å². The first-order valence-corrected chi connectivity index (χ1v) is 4.87. The lowest BCUT2D eigenvalue weighted by molar-refractivity contribution is 0.286. The first-order valence-electron chi connectivity index (χ1n) is 4.49. The molecule has 15 heavy (non-hydrogen) atoms. The molecule has 0 amide bonds. The number of hydrogen-bond donors (Lipinski definition) is 2. The molecule has 1 aromatic carbocycles. The number of rotatable bonds is 2. The summed E-state index contributed by atoms with van der Waals surface area (Å²) in [6.45, 7) is 1.53. The minimum atomic E-state index is -0.328. The van der Waals surface area contributed by atoms with E-state index in [1.54, 1.807) is 7.11 Å². The van der Waals surface area contributed by atoms with Crippen LogP contribution in [0.3, 0.4) is 0 Å². The van der Waals surface area contributed by atoms with Crippen LogP contribution in [0.4, 0.5) is 0 Å². The number of methoxy groups -OCH3 is 1. The molecule has 3 N–H and O–H groups in total. The lowest BCUT2D eigenvalue weighted by Gasteiger charge is -2.40. The number of halogens is 2. The van der Waals surface area contributed by atoms with Crippen LogP contribution in [0.2, 0.25) is 5.02 Å². The second kappa shape index (κ2) is 4.58. The fraction of sp³-hybridized carbons (Fsp3) is 0.400. The van der Waals surface area contributed by atoms with Crippen LogP contribution in [-0.4, -0.2) is 20.2 Å². The quantitative estimate of drug-likeness (QED) is 0.835. The third kappa shape index (κ3) is 2.21. The highest BCUT2D eigenvalue weighted by Crippen LogP contribution is 2.32. The van der Waals surface area contributed by atoms with Crippen molar-refractivity contribution in [3.8, 4) is 5.75 Å². The van der Waals surface area contributed by atoms with Gasteiger partial charge in [0.2, 0.25) is 0 Å². The summed E-state index contributed by atoms with van der Waals surface area (Å²) >= 11 is 6.09. The number of benzene rings is 1. The maximum absolute atomic E-state index is 6.15. The Hall–Kier alpha value is -0.480. The van der Waals surface area contributed by atoms with E-state index in [1.807, 2.05) is 18.2 Å². The molecule has 5 heteroatoms. The number of nitrogens with one attached hydrogen (secondary N) is 1. The number of ether oxygens (including phenoxy) is 1. The molecular weight excluding hydrogens is 235 g/mol. The van der Waals surface area contributed by atoms with Crippen molar-refractivity contribution in [3.63, 3.8) is 0 Å². The molecule has 1 fully saturated rings. The molecule has 1 saturated heterocycles. The Morgan fingerprint density at radius 3 is 2.60 bits per heavy atom. The molecule has 2 rings (SSSR count). The lowest BCUT2D eigenvalue weighted by atomic mass is 9.85. The second-order valence-corrected chi connectivity index (χ2v) is 4.01. The van der Waals surface area contributed by atoms with E-state index in [-0.39, 0.29) is 17.9 Å². The van der Waals surface area contributed by atoms with Gasteiger partial charge in [0.1, 0.15) is 5.75 Å². The average Bonchev–Trinajstić information content (AvgIpc) is 2.15. The highest BCUT2D eigenvalue weighted by Gasteiger charge is 2.36. The summed E-state index contributed by atoms with van der Waals surface area (Å²) in [6, 6.07) is 5.56. The Morgan fingerprint density at radius 2 is 2.13 bits per heavy atom. The zero-order chi connectivity index (χ0) is 10.2. The van der Waals surface area contributed by atoms with Crippen LogP contribution in [0.1, 0.15) is 5.56 Å². The van der Waals surface area contributed by atoms with Crippen molar-refractivity contribution in [2.24, 2.45) is 5.73 Å². The van der Waals surface area contributed by atoms with Crippen LogP contribution in [0.5, 0.6) is 5.75 Å². The van der Waals surface area contributed by atoms with Crippen molar-refractivity contribution in [1.82, 2.24) is 5.32 Å². The zero-order valence-electron chi connectivity index (χ0n) is 8.42. The van der Waals surface area contributed by atoms with Gasteiger partial charge in [-0.05, 0) is 23.8 Å². The lowest BCUT2D eigenvalue weighted by Crippen LogP contribution is -2.62. The van der Waals surface area contributed by atoms with Gasteiger partial charge >= 0.3 is 0 Å². The van der Waals surface area contributed by atoms with Crippen LogP contribution in [0.25, 0.3) is 0 Å². The summed E-state index contributed by atoms with van der Waals surface area (Å²) in [7, 11) is 1.63. The highest BCUT2D eigenvalue weighted by molar-refractivity contribution is 6.31. The minimum Gasteiger partial charge on any atom is -0.497 e. The summed E-state index contributed by atoms with van der Waals surface area (Å²) < 4.78 is 5.14. The van der Waals surface area contributed by atoms with Crippen LogP contribution < -0.4 is 15.8 Å². The highest BCUT2D eigenvalue weighted by atomic mass is 35.5. The van der Waals surface area contributed by atoms with Gasteiger partial charge < -0.3 is 15.8 Å². The summed E-state index contributed by atoms with van der Waals surface area (Å²) in [5, 5.41) is 3.84. The molecule has 1 aliphatic rings. The molecule has 0 bridgehead atoms. The molecule has 1 heterocycles. The van der Waals surface area contributed by atoms with Crippen LogP contribution >= 0.6 is 24.0 Å². The fourth-order valence-electron chi connectivity index (χ4n) is 1.60. The predicted molar refractivity (Wildman–Crippen MR) is 64.0 cm³/mol. The Balaban J connectivity index is 0.00000112. The van der Waals surface area contributed by atoms with Crippen LogP contribution in [0.15, 0.2) is 18.2 Å². The third-order valence-corrected chi connectivity index (χ3v) is 2.92. The van der Waals surface area contributed by atoms with Gasteiger partial charge in [-0.25, -0.2) is 0 Å². The molecule has 0 aromatic heterocycles. The average molecular weight is 249 g/mol. The van der Waals surface area contributed by atoms with E-state index in [0.29, 0.717) is 5.02 Å². The van der Waals surface area contributed by atoms with E-state index < -0.39 is 0 Å². The Bertz CT molecular complexity index is 353. The molecule has 0 saturated carbocycles. The van der Waals surface area contributed by atoms with Gasteiger partial charge in [0.05, 0.1) is 12.6 Å². The molecule has 0 unspecified atom stereocenters. The van der Waals surface area contributed by atoms with E-state index in [4.69, 9.17) is 22.1 Å². The first kappa shape index (κ1) is 12.6. The van der Waals surface area contributed by atoms with Gasteiger partial charge in [0.15, 0.2) is 0 Å². The van der Waals surface area contributed by atoms with Crippen molar-refractivity contribution < 1.29 is 4.74 Å². The molecule has 0 atom stereocenters. The van der Waals surface area contributed by atoms with Crippen molar-refractivity contribution in [2.75, 3.05) is 20.2 Å². The monoisotopic (exact) mass is 248 g/mol. The zero-order valence-corrected chi connectivity index (χ0v) is 9.99. The second-order valence-electron chi connectivity index (χ2n) is 3.61. The van der Waals surface area contributed by atoms with Gasteiger partial charge in [-0.1, -0.05) is 11.6 Å².